The molecule has 0 bridgehead atoms. The minimum atomic E-state index is 0.519. The number of aromatic nitrogens is 2. The lowest BCUT2D eigenvalue weighted by atomic mass is 10.0. The van der Waals surface area contributed by atoms with E-state index in [0.717, 1.165) is 25.4 Å². The third kappa shape index (κ3) is 3.06. The van der Waals surface area contributed by atoms with Gasteiger partial charge < -0.3 is 10.1 Å². The molecule has 90 valence electrons. The van der Waals surface area contributed by atoms with Gasteiger partial charge in [0.2, 0.25) is 0 Å². The molecular weight excluding hydrogens is 202 g/mol. The van der Waals surface area contributed by atoms with Gasteiger partial charge in [-0.3, -0.25) is 4.68 Å². The molecule has 1 aliphatic rings. The van der Waals surface area contributed by atoms with E-state index < -0.39 is 0 Å². The number of rotatable bonds is 7. The fourth-order valence-electron chi connectivity index (χ4n) is 2.02. The molecule has 1 aromatic heterocycles. The fourth-order valence-corrected chi connectivity index (χ4v) is 2.02. The smallest absolute Gasteiger partial charge is 0.0762 e. The highest BCUT2D eigenvalue weighted by molar-refractivity contribution is 5.00. The van der Waals surface area contributed by atoms with Crippen LogP contribution in [-0.2, 0) is 18.3 Å². The Kier molecular flexibility index (Phi) is 3.61. The van der Waals surface area contributed by atoms with Gasteiger partial charge >= 0.3 is 0 Å². The summed E-state index contributed by atoms with van der Waals surface area (Å²) in [5.41, 5.74) is 1.63. The van der Waals surface area contributed by atoms with Gasteiger partial charge in [-0.2, -0.15) is 5.10 Å². The van der Waals surface area contributed by atoms with E-state index in [2.05, 4.69) is 16.5 Å². The van der Waals surface area contributed by atoms with E-state index in [1.54, 1.807) is 7.11 Å². The van der Waals surface area contributed by atoms with Crippen molar-refractivity contribution >= 4 is 0 Å². The van der Waals surface area contributed by atoms with Crippen LogP contribution in [-0.4, -0.2) is 30.0 Å². The SMILES string of the molecule is COCCC1(CNCc2ccn(C)n2)CC1. The number of nitrogens with one attached hydrogen (secondary N) is 1. The molecule has 4 nitrogen and oxygen atoms in total. The Bertz CT molecular complexity index is 331. The molecular formula is C12H21N3O. The molecule has 0 spiro atoms. The van der Waals surface area contributed by atoms with Crippen molar-refractivity contribution in [2.45, 2.75) is 25.8 Å². The van der Waals surface area contributed by atoms with Crippen LogP contribution >= 0.6 is 0 Å². The Morgan fingerprint density at radius 1 is 1.56 bits per heavy atom. The largest absolute Gasteiger partial charge is 0.385 e. The Morgan fingerprint density at radius 2 is 2.38 bits per heavy atom. The fraction of sp³-hybridized carbons (Fsp3) is 0.750. The third-order valence-corrected chi connectivity index (χ3v) is 3.37. The van der Waals surface area contributed by atoms with Gasteiger partial charge in [0.25, 0.3) is 0 Å². The lowest BCUT2D eigenvalue weighted by molar-refractivity contribution is 0.171. The normalized spacial score (nSPS) is 17.6. The van der Waals surface area contributed by atoms with Gasteiger partial charge in [0.15, 0.2) is 0 Å². The first-order valence-corrected chi connectivity index (χ1v) is 5.92. The van der Waals surface area contributed by atoms with Crippen LogP contribution in [0.25, 0.3) is 0 Å². The lowest BCUT2D eigenvalue weighted by Crippen LogP contribution is -2.24. The van der Waals surface area contributed by atoms with E-state index in [1.807, 2.05) is 17.9 Å². The average molecular weight is 223 g/mol. The molecule has 16 heavy (non-hydrogen) atoms. The van der Waals surface area contributed by atoms with Crippen LogP contribution in [0.15, 0.2) is 12.3 Å². The Hall–Kier alpha value is -0.870. The van der Waals surface area contributed by atoms with Crippen molar-refractivity contribution in [3.8, 4) is 0 Å². The molecule has 1 heterocycles. The molecule has 1 fully saturated rings. The van der Waals surface area contributed by atoms with Crippen molar-refractivity contribution < 1.29 is 4.74 Å². The summed E-state index contributed by atoms with van der Waals surface area (Å²) in [5, 5.41) is 7.84. The monoisotopic (exact) mass is 223 g/mol. The highest BCUT2D eigenvalue weighted by Gasteiger charge is 2.41. The van der Waals surface area contributed by atoms with Crippen molar-refractivity contribution in [3.63, 3.8) is 0 Å². The molecule has 0 aliphatic heterocycles. The molecule has 1 saturated carbocycles. The maximum absolute atomic E-state index is 5.14. The molecule has 1 N–H and O–H groups in total. The van der Waals surface area contributed by atoms with Crippen molar-refractivity contribution in [2.75, 3.05) is 20.3 Å². The van der Waals surface area contributed by atoms with Gasteiger partial charge in [-0.15, -0.1) is 0 Å². The van der Waals surface area contributed by atoms with Crippen LogP contribution in [0.4, 0.5) is 0 Å². The Labute approximate surface area is 97.0 Å². The predicted molar refractivity (Wildman–Crippen MR) is 63.1 cm³/mol. The summed E-state index contributed by atoms with van der Waals surface area (Å²) in [6.07, 6.45) is 5.84. The molecule has 1 aromatic rings. The lowest BCUT2D eigenvalue weighted by Gasteiger charge is -2.14. The van der Waals surface area contributed by atoms with Crippen molar-refractivity contribution in [2.24, 2.45) is 12.5 Å². The van der Waals surface area contributed by atoms with Gasteiger partial charge in [-0.1, -0.05) is 0 Å². The van der Waals surface area contributed by atoms with E-state index in [4.69, 9.17) is 4.74 Å². The highest BCUT2D eigenvalue weighted by atomic mass is 16.5. The van der Waals surface area contributed by atoms with Crippen molar-refractivity contribution in [1.82, 2.24) is 15.1 Å². The van der Waals surface area contributed by atoms with E-state index >= 15 is 0 Å². The second-order valence-corrected chi connectivity index (χ2v) is 4.83. The van der Waals surface area contributed by atoms with Crippen LogP contribution in [0.1, 0.15) is 25.0 Å². The summed E-state index contributed by atoms with van der Waals surface area (Å²) in [6, 6.07) is 2.06. The summed E-state index contributed by atoms with van der Waals surface area (Å²) in [4.78, 5) is 0. The second-order valence-electron chi connectivity index (χ2n) is 4.83. The molecule has 0 aromatic carbocycles. The Morgan fingerprint density at radius 3 is 2.94 bits per heavy atom. The Balaban J connectivity index is 1.68. The van der Waals surface area contributed by atoms with Crippen molar-refractivity contribution in [3.05, 3.63) is 18.0 Å². The van der Waals surface area contributed by atoms with Crippen LogP contribution in [0, 0.1) is 5.41 Å². The maximum Gasteiger partial charge on any atom is 0.0762 e. The van der Waals surface area contributed by atoms with E-state index in [0.29, 0.717) is 5.41 Å². The first kappa shape index (κ1) is 11.6. The van der Waals surface area contributed by atoms with Crippen LogP contribution in [0.5, 0.6) is 0 Å². The minimum Gasteiger partial charge on any atom is -0.385 e. The number of nitrogens with zero attached hydrogens (tertiary/aromatic N) is 2. The molecule has 0 saturated heterocycles. The zero-order valence-electron chi connectivity index (χ0n) is 10.2. The van der Waals surface area contributed by atoms with Crippen LogP contribution in [0.3, 0.4) is 0 Å². The number of hydrogen-bond donors (Lipinski definition) is 1. The summed E-state index contributed by atoms with van der Waals surface area (Å²) in [6.45, 7) is 2.84. The van der Waals surface area contributed by atoms with Crippen molar-refractivity contribution in [1.29, 1.82) is 0 Å². The van der Waals surface area contributed by atoms with E-state index in [1.165, 1.54) is 19.3 Å². The minimum absolute atomic E-state index is 0.519. The van der Waals surface area contributed by atoms with Gasteiger partial charge in [0.1, 0.15) is 0 Å². The van der Waals surface area contributed by atoms with Gasteiger partial charge in [0.05, 0.1) is 5.69 Å². The zero-order chi connectivity index (χ0) is 11.4. The number of aryl methyl sites for hydroxylation is 1. The van der Waals surface area contributed by atoms with E-state index in [-0.39, 0.29) is 0 Å². The zero-order valence-corrected chi connectivity index (χ0v) is 10.2. The molecule has 0 unspecified atom stereocenters. The van der Waals surface area contributed by atoms with Crippen LogP contribution < -0.4 is 5.32 Å². The second kappa shape index (κ2) is 4.97. The maximum atomic E-state index is 5.14. The summed E-state index contributed by atoms with van der Waals surface area (Å²) < 4.78 is 6.98. The number of ether oxygens (including phenoxy) is 1. The molecule has 4 heteroatoms. The molecule has 1 aliphatic carbocycles. The first-order valence-electron chi connectivity index (χ1n) is 5.92. The summed E-state index contributed by atoms with van der Waals surface area (Å²) in [7, 11) is 3.72. The number of methoxy groups -OCH3 is 1. The first-order chi connectivity index (χ1) is 7.74. The molecule has 0 radical (unpaired) electrons. The van der Waals surface area contributed by atoms with Gasteiger partial charge in [-0.05, 0) is 30.7 Å². The quantitative estimate of drug-likeness (QED) is 0.758. The van der Waals surface area contributed by atoms with Crippen LogP contribution in [0.2, 0.25) is 0 Å². The standard InChI is InChI=1S/C12H21N3O/c1-15-7-3-11(14-15)9-13-10-12(4-5-12)6-8-16-2/h3,7,13H,4-6,8-10H2,1-2H3. The topological polar surface area (TPSA) is 39.1 Å². The average Bonchev–Trinajstić information content (AvgIpc) is 2.92. The predicted octanol–water partition coefficient (Wildman–Crippen LogP) is 1.33. The van der Waals surface area contributed by atoms with E-state index in [9.17, 15) is 0 Å². The summed E-state index contributed by atoms with van der Waals surface area (Å²) in [5.74, 6) is 0. The highest BCUT2D eigenvalue weighted by Crippen LogP contribution is 2.48. The third-order valence-electron chi connectivity index (χ3n) is 3.37. The molecule has 0 amide bonds. The molecule has 0 atom stereocenters. The van der Waals surface area contributed by atoms with Gasteiger partial charge in [-0.25, -0.2) is 0 Å². The molecule has 2 rings (SSSR count). The number of hydrogen-bond acceptors (Lipinski definition) is 3. The summed E-state index contributed by atoms with van der Waals surface area (Å²) >= 11 is 0. The van der Waals surface area contributed by atoms with Gasteiger partial charge in [0, 0.05) is 40.1 Å².